The lowest BCUT2D eigenvalue weighted by Crippen LogP contribution is -2.48. The van der Waals surface area contributed by atoms with Gasteiger partial charge in [-0.3, -0.25) is 4.79 Å². The minimum Gasteiger partial charge on any atom is -0.478 e. The molecule has 1 fully saturated rings. The number of aromatic nitrogens is 3. The summed E-state index contributed by atoms with van der Waals surface area (Å²) >= 11 is 7.49. The van der Waals surface area contributed by atoms with Crippen LogP contribution >= 0.6 is 22.9 Å². The van der Waals surface area contributed by atoms with Gasteiger partial charge in [0, 0.05) is 30.3 Å². The highest BCUT2D eigenvalue weighted by Crippen LogP contribution is 2.34. The third-order valence-corrected chi connectivity index (χ3v) is 7.59. The number of morpholine rings is 1. The molecule has 3 aromatic rings. The fraction of sp³-hybridized carbons (Fsp3) is 0.423. The summed E-state index contributed by atoms with van der Waals surface area (Å²) in [5.41, 5.74) is 3.26. The molecule has 1 saturated heterocycles. The second kappa shape index (κ2) is 12.7. The summed E-state index contributed by atoms with van der Waals surface area (Å²) in [5.74, 6) is -2.43. The Kier molecular flexibility index (Phi) is 9.43. The molecule has 226 valence electrons. The predicted molar refractivity (Wildman–Crippen MR) is 150 cm³/mol. The molecule has 4 heterocycles. The zero-order chi connectivity index (χ0) is 30.7. The number of rotatable bonds is 6. The van der Waals surface area contributed by atoms with Gasteiger partial charge in [0.1, 0.15) is 10.6 Å². The number of hydrogen-bond acceptors (Lipinski definition) is 10. The zero-order valence-electron chi connectivity index (χ0n) is 22.8. The third-order valence-electron chi connectivity index (χ3n) is 6.27. The van der Waals surface area contributed by atoms with E-state index in [0.717, 1.165) is 41.5 Å². The lowest BCUT2D eigenvalue weighted by molar-refractivity contribution is -0.192. The Labute approximate surface area is 248 Å². The van der Waals surface area contributed by atoms with Gasteiger partial charge in [-0.15, -0.1) is 10.2 Å². The highest BCUT2D eigenvalue weighted by molar-refractivity contribution is 7.17. The molecule has 1 atom stereocenters. The van der Waals surface area contributed by atoms with E-state index in [4.69, 9.17) is 36.0 Å². The number of anilines is 3. The Morgan fingerprint density at radius 1 is 1.33 bits per heavy atom. The van der Waals surface area contributed by atoms with Gasteiger partial charge in [0.2, 0.25) is 0 Å². The normalized spacial score (nSPS) is 17.8. The van der Waals surface area contributed by atoms with Crippen LogP contribution in [0.25, 0.3) is 0 Å². The first-order valence-electron chi connectivity index (χ1n) is 12.7. The van der Waals surface area contributed by atoms with Crippen LogP contribution in [0.1, 0.15) is 34.8 Å². The first-order valence-corrected chi connectivity index (χ1v) is 13.8. The molecular weight excluding hydrogens is 601 g/mol. The van der Waals surface area contributed by atoms with Crippen LogP contribution < -0.4 is 20.3 Å². The predicted octanol–water partition coefficient (Wildman–Crippen LogP) is 4.48. The number of amides is 1. The average molecular weight is 629 g/mol. The van der Waals surface area contributed by atoms with Crippen molar-refractivity contribution in [3.8, 4) is 5.88 Å². The topological polar surface area (TPSA) is 139 Å². The molecule has 1 aromatic carbocycles. The van der Waals surface area contributed by atoms with Crippen LogP contribution in [0.3, 0.4) is 0 Å². The first-order chi connectivity index (χ1) is 19.8. The second-order valence-electron chi connectivity index (χ2n) is 10.1. The molecule has 0 bridgehead atoms. The van der Waals surface area contributed by atoms with Crippen molar-refractivity contribution in [3.05, 3.63) is 51.6 Å². The fourth-order valence-corrected chi connectivity index (χ4v) is 5.68. The maximum Gasteiger partial charge on any atom is 0.490 e. The number of carboxylic acids is 1. The van der Waals surface area contributed by atoms with Gasteiger partial charge in [-0.1, -0.05) is 35.1 Å². The van der Waals surface area contributed by atoms with E-state index < -0.39 is 12.1 Å². The smallest absolute Gasteiger partial charge is 0.478 e. The van der Waals surface area contributed by atoms with Crippen LogP contribution in [-0.4, -0.2) is 76.8 Å². The number of carboxylic acid groups (broad SMARTS) is 1. The SMILES string of the molecule is COc1nnc(Cl)cc1Nc1cccc(CC2COCCN2c2nc3c(s2)C(=O)NC(C)(C)C3)c1.O=C(O)C(F)(F)F. The summed E-state index contributed by atoms with van der Waals surface area (Å²) in [5, 5.41) is 22.5. The number of thiazole rings is 1. The number of carbonyl (C=O) groups excluding carboxylic acids is 1. The minimum absolute atomic E-state index is 0.0373. The molecule has 42 heavy (non-hydrogen) atoms. The van der Waals surface area contributed by atoms with Gasteiger partial charge in [-0.05, 0) is 38.0 Å². The van der Waals surface area contributed by atoms with Crippen LogP contribution in [0.2, 0.25) is 5.15 Å². The maximum absolute atomic E-state index is 12.6. The summed E-state index contributed by atoms with van der Waals surface area (Å²) < 4.78 is 42.9. The Morgan fingerprint density at radius 2 is 2.07 bits per heavy atom. The quantitative estimate of drug-likeness (QED) is 0.358. The van der Waals surface area contributed by atoms with Gasteiger partial charge in [0.05, 0.1) is 32.1 Å². The largest absolute Gasteiger partial charge is 0.490 e. The number of methoxy groups -OCH3 is 1. The number of halogens is 4. The lowest BCUT2D eigenvalue weighted by atomic mass is 9.94. The summed E-state index contributed by atoms with van der Waals surface area (Å²) in [6.07, 6.45) is -3.59. The van der Waals surface area contributed by atoms with Crippen LogP contribution in [-0.2, 0) is 22.4 Å². The Morgan fingerprint density at radius 3 is 2.76 bits per heavy atom. The van der Waals surface area contributed by atoms with E-state index in [1.165, 1.54) is 18.4 Å². The molecule has 2 aliphatic heterocycles. The zero-order valence-corrected chi connectivity index (χ0v) is 24.4. The number of alkyl halides is 3. The number of benzene rings is 1. The highest BCUT2D eigenvalue weighted by Gasteiger charge is 2.38. The minimum atomic E-state index is -5.08. The van der Waals surface area contributed by atoms with Crippen molar-refractivity contribution in [3.63, 3.8) is 0 Å². The molecule has 2 aromatic heterocycles. The van der Waals surface area contributed by atoms with Crippen molar-refractivity contribution in [1.29, 1.82) is 0 Å². The lowest BCUT2D eigenvalue weighted by Gasteiger charge is -2.35. The molecule has 3 N–H and O–H groups in total. The van der Waals surface area contributed by atoms with Crippen LogP contribution in [0.5, 0.6) is 5.88 Å². The number of nitrogens with zero attached hydrogens (tertiary/aromatic N) is 4. The van der Waals surface area contributed by atoms with E-state index in [0.29, 0.717) is 29.7 Å². The molecule has 16 heteroatoms. The number of ether oxygens (including phenoxy) is 2. The van der Waals surface area contributed by atoms with Gasteiger partial charge in [-0.2, -0.15) is 13.2 Å². The molecular formula is C26H28ClF3N6O5S. The molecule has 0 saturated carbocycles. The standard InChI is InChI=1S/C24H27ClN6O3S.C2HF3O2/c1-24(2)12-18-20(21(32)28-24)35-23(27-18)31-7-8-34-13-16(31)10-14-5-4-6-15(9-14)26-17-11-19(25)29-30-22(17)33-3;3-2(4,5)1(6)7/h4-6,9,11,16H,7-8,10,12-13H2,1-3H3,(H,26,29)(H,28,32);(H,6,7). The van der Waals surface area contributed by atoms with Gasteiger partial charge in [-0.25, -0.2) is 9.78 Å². The summed E-state index contributed by atoms with van der Waals surface area (Å²) in [7, 11) is 1.54. The molecule has 2 aliphatic rings. The number of aliphatic carboxylic acids is 1. The van der Waals surface area contributed by atoms with Crippen LogP contribution in [0.4, 0.5) is 29.7 Å². The van der Waals surface area contributed by atoms with Crippen molar-refractivity contribution in [2.45, 2.75) is 44.4 Å². The number of carbonyl (C=O) groups is 2. The first kappa shape index (κ1) is 31.3. The van der Waals surface area contributed by atoms with Crippen molar-refractivity contribution >= 4 is 51.3 Å². The maximum atomic E-state index is 12.6. The summed E-state index contributed by atoms with van der Waals surface area (Å²) in [6, 6.07) is 9.94. The van der Waals surface area contributed by atoms with Gasteiger partial charge in [0.25, 0.3) is 11.8 Å². The molecule has 11 nitrogen and oxygen atoms in total. The molecule has 5 rings (SSSR count). The molecule has 0 radical (unpaired) electrons. The van der Waals surface area contributed by atoms with Gasteiger partial charge >= 0.3 is 12.1 Å². The molecule has 1 unspecified atom stereocenters. The van der Waals surface area contributed by atoms with E-state index in [-0.39, 0.29) is 22.6 Å². The van der Waals surface area contributed by atoms with E-state index in [9.17, 15) is 18.0 Å². The van der Waals surface area contributed by atoms with Crippen molar-refractivity contribution in [2.24, 2.45) is 0 Å². The number of nitrogens with one attached hydrogen (secondary N) is 2. The van der Waals surface area contributed by atoms with Crippen molar-refractivity contribution < 1.29 is 37.3 Å². The third kappa shape index (κ3) is 7.77. The Bertz CT molecular complexity index is 1450. The molecule has 0 aliphatic carbocycles. The van der Waals surface area contributed by atoms with Crippen LogP contribution in [0.15, 0.2) is 30.3 Å². The van der Waals surface area contributed by atoms with E-state index in [1.807, 2.05) is 26.0 Å². The van der Waals surface area contributed by atoms with E-state index in [2.05, 4.69) is 37.9 Å². The summed E-state index contributed by atoms with van der Waals surface area (Å²) in [6.45, 7) is 6.01. The average Bonchev–Trinajstić information content (AvgIpc) is 3.32. The Balaban J connectivity index is 0.000000517. The summed E-state index contributed by atoms with van der Waals surface area (Å²) in [4.78, 5) is 29.4. The Hall–Kier alpha value is -3.69. The molecule has 0 spiro atoms. The molecule has 1 amide bonds. The van der Waals surface area contributed by atoms with E-state index >= 15 is 0 Å². The van der Waals surface area contributed by atoms with Crippen LogP contribution in [0, 0.1) is 0 Å². The van der Waals surface area contributed by atoms with Gasteiger partial charge < -0.3 is 30.1 Å². The number of fused-ring (bicyclic) bond motifs is 1. The fourth-order valence-electron chi connectivity index (χ4n) is 4.46. The van der Waals surface area contributed by atoms with Crippen molar-refractivity contribution in [2.75, 3.05) is 37.1 Å². The van der Waals surface area contributed by atoms with Crippen molar-refractivity contribution in [1.82, 2.24) is 20.5 Å². The number of hydrogen-bond donors (Lipinski definition) is 3. The highest BCUT2D eigenvalue weighted by atomic mass is 35.5. The van der Waals surface area contributed by atoms with E-state index in [1.54, 1.807) is 6.07 Å². The van der Waals surface area contributed by atoms with Gasteiger partial charge in [0.15, 0.2) is 10.3 Å². The monoisotopic (exact) mass is 628 g/mol. The second-order valence-corrected chi connectivity index (χ2v) is 11.5.